The van der Waals surface area contributed by atoms with Gasteiger partial charge in [0, 0.05) is 7.11 Å². The first kappa shape index (κ1) is 18.5. The summed E-state index contributed by atoms with van der Waals surface area (Å²) in [5, 5.41) is 1.45. The lowest BCUT2D eigenvalue weighted by atomic mass is 9.34. The van der Waals surface area contributed by atoms with Crippen LogP contribution in [0, 0.1) is 5.41 Å². The van der Waals surface area contributed by atoms with E-state index in [0.717, 1.165) is 37.0 Å². The molecule has 5 aliphatic rings. The highest BCUT2D eigenvalue weighted by molar-refractivity contribution is 7.13. The number of fused-ring (bicyclic) bond motifs is 2. The monoisotopic (exact) mass is 429 g/mol. The standard InChI is InChI=1S/C20H23N5O4S/c1-27-20-9-19(10-20,17(21)26)15(20)16-22-6-14(30-16)29-13-4-23-18(24-5-13)25-11-2-3-12(25)8-28-7-11/h4-6,11-12,15H,2-3,7-10H2,1H3,(H2,21,26). The number of morpholine rings is 1. The number of primary amides is 1. The van der Waals surface area contributed by atoms with Crippen molar-refractivity contribution in [2.75, 3.05) is 25.2 Å². The summed E-state index contributed by atoms with van der Waals surface area (Å²) in [6.07, 6.45) is 8.64. The largest absolute Gasteiger partial charge is 0.442 e. The number of anilines is 1. The molecule has 2 saturated heterocycles. The minimum Gasteiger partial charge on any atom is -0.442 e. The Morgan fingerprint density at radius 3 is 2.53 bits per heavy atom. The molecule has 30 heavy (non-hydrogen) atoms. The summed E-state index contributed by atoms with van der Waals surface area (Å²) < 4.78 is 17.2. The number of nitrogens with two attached hydrogens (primary N) is 1. The van der Waals surface area contributed by atoms with Gasteiger partial charge in [-0.2, -0.15) is 0 Å². The van der Waals surface area contributed by atoms with Crippen molar-refractivity contribution in [3.05, 3.63) is 23.6 Å². The molecule has 2 N–H and O–H groups in total. The first-order valence-electron chi connectivity index (χ1n) is 10.2. The number of carbonyl (C=O) groups is 1. The number of amides is 1. The van der Waals surface area contributed by atoms with Crippen molar-refractivity contribution in [2.24, 2.45) is 11.1 Å². The zero-order chi connectivity index (χ0) is 20.5. The average Bonchev–Trinajstić information content (AvgIpc) is 3.21. The van der Waals surface area contributed by atoms with Crippen molar-refractivity contribution in [3.8, 4) is 10.8 Å². The number of aromatic nitrogens is 3. The first-order chi connectivity index (χ1) is 14.5. The van der Waals surface area contributed by atoms with E-state index in [2.05, 4.69) is 19.9 Å². The fraction of sp³-hybridized carbons (Fsp3) is 0.600. The van der Waals surface area contributed by atoms with Crippen molar-refractivity contribution in [1.29, 1.82) is 0 Å². The Hall–Kier alpha value is -2.30. The number of hydrogen-bond donors (Lipinski definition) is 1. The van der Waals surface area contributed by atoms with Crippen LogP contribution in [0.3, 0.4) is 0 Å². The second kappa shape index (κ2) is 6.35. The van der Waals surface area contributed by atoms with Crippen LogP contribution in [-0.2, 0) is 14.3 Å². The lowest BCUT2D eigenvalue weighted by molar-refractivity contribution is -0.283. The van der Waals surface area contributed by atoms with E-state index in [0.29, 0.717) is 35.7 Å². The number of ether oxygens (including phenoxy) is 3. The molecule has 7 rings (SSSR count). The second-order valence-electron chi connectivity index (χ2n) is 8.74. The van der Waals surface area contributed by atoms with Gasteiger partial charge >= 0.3 is 0 Å². The van der Waals surface area contributed by atoms with E-state index in [1.54, 1.807) is 25.7 Å². The molecule has 0 spiro atoms. The van der Waals surface area contributed by atoms with Crippen LogP contribution >= 0.6 is 11.3 Å². The van der Waals surface area contributed by atoms with E-state index in [1.165, 1.54) is 11.3 Å². The number of rotatable bonds is 6. The van der Waals surface area contributed by atoms with Crippen molar-refractivity contribution in [2.45, 2.75) is 49.3 Å². The van der Waals surface area contributed by atoms with Gasteiger partial charge in [-0.25, -0.2) is 15.0 Å². The van der Waals surface area contributed by atoms with Crippen LogP contribution < -0.4 is 15.4 Å². The zero-order valence-electron chi connectivity index (χ0n) is 16.6. The molecule has 2 aliphatic heterocycles. The third-order valence-corrected chi connectivity index (χ3v) is 8.20. The maximum atomic E-state index is 12.0. The summed E-state index contributed by atoms with van der Waals surface area (Å²) in [5.41, 5.74) is 4.83. The van der Waals surface area contributed by atoms with Gasteiger partial charge in [-0.15, -0.1) is 0 Å². The van der Waals surface area contributed by atoms with Crippen molar-refractivity contribution in [1.82, 2.24) is 15.0 Å². The van der Waals surface area contributed by atoms with E-state index < -0.39 is 5.41 Å². The normalized spacial score (nSPS) is 36.2. The molecule has 9 nitrogen and oxygen atoms in total. The van der Waals surface area contributed by atoms with Gasteiger partial charge in [-0.3, -0.25) is 4.79 Å². The summed E-state index contributed by atoms with van der Waals surface area (Å²) in [5.74, 6) is 0.915. The Morgan fingerprint density at radius 2 is 1.90 bits per heavy atom. The highest BCUT2D eigenvalue weighted by Gasteiger charge is 2.80. The van der Waals surface area contributed by atoms with E-state index >= 15 is 0 Å². The van der Waals surface area contributed by atoms with Crippen molar-refractivity contribution >= 4 is 23.2 Å². The number of carbonyl (C=O) groups excluding carboxylic acids is 1. The molecule has 158 valence electrons. The highest BCUT2D eigenvalue weighted by Crippen LogP contribution is 2.77. The molecule has 4 bridgehead atoms. The van der Waals surface area contributed by atoms with Crippen molar-refractivity contribution in [3.63, 3.8) is 0 Å². The van der Waals surface area contributed by atoms with Gasteiger partial charge in [0.25, 0.3) is 0 Å². The van der Waals surface area contributed by atoms with Gasteiger partial charge in [0.1, 0.15) is 5.01 Å². The SMILES string of the molecule is COC12CC(C(N)=O)(C1)C2c1ncc(Oc2cnc(N3C4CCC3COC4)nc2)s1. The minimum absolute atomic E-state index is 0.0923. The lowest BCUT2D eigenvalue weighted by Gasteiger charge is -2.72. The molecular weight excluding hydrogens is 406 g/mol. The Morgan fingerprint density at radius 1 is 1.20 bits per heavy atom. The minimum atomic E-state index is -0.520. The molecule has 5 fully saturated rings. The topological polar surface area (TPSA) is 113 Å². The van der Waals surface area contributed by atoms with Gasteiger partial charge in [0.2, 0.25) is 16.9 Å². The molecule has 2 aromatic heterocycles. The van der Waals surface area contributed by atoms with Gasteiger partial charge in [0.05, 0.1) is 60.8 Å². The molecule has 4 heterocycles. The predicted octanol–water partition coefficient (Wildman–Crippen LogP) is 1.84. The molecule has 2 aromatic rings. The molecular formula is C20H23N5O4S. The fourth-order valence-corrected chi connectivity index (χ4v) is 6.84. The quantitative estimate of drug-likeness (QED) is 0.740. The Kier molecular flexibility index (Phi) is 3.91. The fourth-order valence-electron chi connectivity index (χ4n) is 5.73. The smallest absolute Gasteiger partial charge is 0.226 e. The zero-order valence-corrected chi connectivity index (χ0v) is 17.4. The van der Waals surface area contributed by atoms with Crippen LogP contribution in [0.5, 0.6) is 10.8 Å². The summed E-state index contributed by atoms with van der Waals surface area (Å²) in [6.45, 7) is 1.47. The summed E-state index contributed by atoms with van der Waals surface area (Å²) in [7, 11) is 1.68. The molecule has 3 atom stereocenters. The molecule has 3 saturated carbocycles. The highest BCUT2D eigenvalue weighted by atomic mass is 32.1. The number of hydrogen-bond acceptors (Lipinski definition) is 9. The Bertz CT molecular complexity index is 973. The van der Waals surface area contributed by atoms with Crippen LogP contribution in [0.1, 0.15) is 36.6 Å². The molecule has 3 unspecified atom stereocenters. The maximum absolute atomic E-state index is 12.0. The summed E-state index contributed by atoms with van der Waals surface area (Å²) in [6, 6.07) is 0.721. The lowest BCUT2D eigenvalue weighted by Crippen LogP contribution is -2.78. The number of thiazole rings is 1. The summed E-state index contributed by atoms with van der Waals surface area (Å²) in [4.78, 5) is 27.8. The Balaban J connectivity index is 1.17. The van der Waals surface area contributed by atoms with Crippen LogP contribution in [0.4, 0.5) is 5.95 Å². The molecule has 0 radical (unpaired) electrons. The van der Waals surface area contributed by atoms with E-state index in [-0.39, 0.29) is 17.4 Å². The number of nitrogens with zero attached hydrogens (tertiary/aromatic N) is 4. The first-order valence-corrected chi connectivity index (χ1v) is 11.0. The van der Waals surface area contributed by atoms with Gasteiger partial charge < -0.3 is 24.8 Å². The number of methoxy groups -OCH3 is 1. The average molecular weight is 430 g/mol. The predicted molar refractivity (Wildman–Crippen MR) is 108 cm³/mol. The van der Waals surface area contributed by atoms with E-state index in [4.69, 9.17) is 19.9 Å². The summed E-state index contributed by atoms with van der Waals surface area (Å²) >= 11 is 1.42. The Labute approximate surface area is 177 Å². The molecule has 3 aliphatic carbocycles. The third kappa shape index (κ3) is 2.41. The molecule has 10 heteroatoms. The second-order valence-corrected chi connectivity index (χ2v) is 9.77. The molecule has 0 aromatic carbocycles. The van der Waals surface area contributed by atoms with Crippen molar-refractivity contribution < 1.29 is 19.0 Å². The van der Waals surface area contributed by atoms with Gasteiger partial charge in [0.15, 0.2) is 5.75 Å². The third-order valence-electron chi connectivity index (χ3n) is 7.26. The van der Waals surface area contributed by atoms with Gasteiger partial charge in [-0.1, -0.05) is 11.3 Å². The van der Waals surface area contributed by atoms with Crippen LogP contribution in [-0.4, -0.2) is 58.9 Å². The van der Waals surface area contributed by atoms with Crippen LogP contribution in [0.15, 0.2) is 18.6 Å². The maximum Gasteiger partial charge on any atom is 0.226 e. The van der Waals surface area contributed by atoms with Crippen LogP contribution in [0.2, 0.25) is 0 Å². The van der Waals surface area contributed by atoms with E-state index in [1.807, 2.05) is 0 Å². The molecule has 1 amide bonds. The van der Waals surface area contributed by atoms with E-state index in [9.17, 15) is 4.79 Å². The van der Waals surface area contributed by atoms with Gasteiger partial charge in [-0.05, 0) is 25.7 Å². The van der Waals surface area contributed by atoms with Crippen LogP contribution in [0.25, 0.3) is 0 Å².